The Balaban J connectivity index is 1.88. The molecule has 6 nitrogen and oxygen atoms in total. The summed E-state index contributed by atoms with van der Waals surface area (Å²) in [5, 5.41) is 8.88. The van der Waals surface area contributed by atoms with Gasteiger partial charge < -0.3 is 10.3 Å². The van der Waals surface area contributed by atoms with Crippen LogP contribution in [-0.2, 0) is 0 Å². The predicted molar refractivity (Wildman–Crippen MR) is 79.9 cm³/mol. The number of amides is 2. The Labute approximate surface area is 119 Å². The molecule has 0 saturated heterocycles. The quantitative estimate of drug-likeness (QED) is 0.692. The molecule has 0 radical (unpaired) electrons. The van der Waals surface area contributed by atoms with E-state index in [2.05, 4.69) is 25.6 Å². The predicted octanol–water partition coefficient (Wildman–Crippen LogP) is 2.83. The minimum Gasteiger partial charge on any atom is -0.345 e. The lowest BCUT2D eigenvalue weighted by molar-refractivity contribution is 0.252. The molecule has 0 aliphatic heterocycles. The number of anilines is 1. The Morgan fingerprint density at radius 1 is 1.50 bits per heavy atom. The van der Waals surface area contributed by atoms with Gasteiger partial charge in [-0.2, -0.15) is 0 Å². The lowest BCUT2D eigenvalue weighted by Gasteiger charge is -2.00. The second-order valence-electron chi connectivity index (χ2n) is 4.12. The molecular weight excluding hydrogens is 274 g/mol. The third-order valence-corrected chi connectivity index (χ3v) is 3.55. The molecule has 0 fully saturated rings. The molecule has 3 rings (SSSR count). The summed E-state index contributed by atoms with van der Waals surface area (Å²) < 4.78 is 0. The van der Waals surface area contributed by atoms with Crippen molar-refractivity contribution in [3.63, 3.8) is 0 Å². The van der Waals surface area contributed by atoms with E-state index in [1.54, 1.807) is 6.20 Å². The minimum atomic E-state index is -0.242. The topological polar surface area (TPSA) is 82.7 Å². The number of H-pyrrole nitrogens is 1. The van der Waals surface area contributed by atoms with Crippen LogP contribution in [0.3, 0.4) is 0 Å². The van der Waals surface area contributed by atoms with E-state index in [4.69, 9.17) is 0 Å². The molecule has 0 spiro atoms. The van der Waals surface area contributed by atoms with Gasteiger partial charge in [-0.25, -0.2) is 14.8 Å². The summed E-state index contributed by atoms with van der Waals surface area (Å²) in [6.07, 6.45) is 3.62. The number of hydrogen-bond donors (Lipinski definition) is 3. The molecule has 3 heterocycles. The second kappa shape index (κ2) is 5.30. The van der Waals surface area contributed by atoms with Gasteiger partial charge in [0.25, 0.3) is 0 Å². The number of hydrogen-bond acceptors (Lipinski definition) is 4. The highest BCUT2D eigenvalue weighted by Gasteiger charge is 2.11. The zero-order valence-corrected chi connectivity index (χ0v) is 11.6. The summed E-state index contributed by atoms with van der Waals surface area (Å²) in [4.78, 5) is 23.2. The summed E-state index contributed by atoms with van der Waals surface area (Å²) in [5.74, 6) is 0. The standard InChI is InChI=1S/C13H13N5OS/c1-2-14-12(19)18-13-17-10(7-20-13)9-6-16-11-8(9)4-3-5-15-11/h3-7H,2H2,1H3,(H,15,16)(H2,14,17,18,19). The number of thiazole rings is 1. The third-order valence-electron chi connectivity index (χ3n) is 2.79. The van der Waals surface area contributed by atoms with E-state index in [1.165, 1.54) is 11.3 Å². The van der Waals surface area contributed by atoms with Crippen molar-refractivity contribution in [2.45, 2.75) is 6.92 Å². The van der Waals surface area contributed by atoms with E-state index in [0.29, 0.717) is 11.7 Å². The number of nitrogens with zero attached hydrogens (tertiary/aromatic N) is 2. The van der Waals surface area contributed by atoms with Crippen molar-refractivity contribution < 1.29 is 4.79 Å². The van der Waals surface area contributed by atoms with E-state index in [0.717, 1.165) is 22.3 Å². The van der Waals surface area contributed by atoms with Crippen LogP contribution in [0.1, 0.15) is 6.92 Å². The van der Waals surface area contributed by atoms with Gasteiger partial charge in [-0.1, -0.05) is 0 Å². The molecule has 102 valence electrons. The van der Waals surface area contributed by atoms with Crippen LogP contribution in [0.5, 0.6) is 0 Å². The maximum Gasteiger partial charge on any atom is 0.321 e. The number of urea groups is 1. The molecule has 3 N–H and O–H groups in total. The molecule has 3 aromatic heterocycles. The molecule has 0 atom stereocenters. The molecule has 0 aliphatic rings. The molecule has 20 heavy (non-hydrogen) atoms. The Bertz CT molecular complexity index is 748. The molecule has 2 amide bonds. The number of aromatic amines is 1. The van der Waals surface area contributed by atoms with Gasteiger partial charge in [0.1, 0.15) is 5.65 Å². The molecular formula is C13H13N5OS. The first-order chi connectivity index (χ1) is 9.78. The van der Waals surface area contributed by atoms with E-state index in [-0.39, 0.29) is 6.03 Å². The lowest BCUT2D eigenvalue weighted by Crippen LogP contribution is -2.28. The number of carbonyl (C=O) groups excluding carboxylic acids is 1. The van der Waals surface area contributed by atoms with Gasteiger partial charge in [0, 0.05) is 35.3 Å². The number of nitrogens with one attached hydrogen (secondary N) is 3. The van der Waals surface area contributed by atoms with E-state index < -0.39 is 0 Å². The maximum atomic E-state index is 11.4. The number of pyridine rings is 1. The Hall–Kier alpha value is -2.41. The van der Waals surface area contributed by atoms with Gasteiger partial charge in [-0.15, -0.1) is 11.3 Å². The molecule has 0 bridgehead atoms. The first-order valence-electron chi connectivity index (χ1n) is 6.20. The van der Waals surface area contributed by atoms with Crippen LogP contribution in [0.4, 0.5) is 9.93 Å². The van der Waals surface area contributed by atoms with Crippen LogP contribution in [0.25, 0.3) is 22.3 Å². The number of carbonyl (C=O) groups is 1. The van der Waals surface area contributed by atoms with Crippen LogP contribution < -0.4 is 10.6 Å². The average Bonchev–Trinajstić information content (AvgIpc) is 3.05. The van der Waals surface area contributed by atoms with Crippen molar-refractivity contribution in [1.82, 2.24) is 20.3 Å². The lowest BCUT2D eigenvalue weighted by atomic mass is 10.2. The summed E-state index contributed by atoms with van der Waals surface area (Å²) in [7, 11) is 0. The normalized spacial score (nSPS) is 10.7. The monoisotopic (exact) mass is 287 g/mol. The second-order valence-corrected chi connectivity index (χ2v) is 4.98. The largest absolute Gasteiger partial charge is 0.345 e. The van der Waals surface area contributed by atoms with E-state index in [1.807, 2.05) is 30.6 Å². The molecule has 0 unspecified atom stereocenters. The van der Waals surface area contributed by atoms with Gasteiger partial charge in [-0.05, 0) is 19.1 Å². The van der Waals surface area contributed by atoms with Crippen molar-refractivity contribution >= 4 is 33.5 Å². The highest BCUT2D eigenvalue weighted by Crippen LogP contribution is 2.30. The van der Waals surface area contributed by atoms with Crippen LogP contribution in [0, 0.1) is 0 Å². The summed E-state index contributed by atoms with van der Waals surface area (Å²) in [6, 6.07) is 3.64. The fourth-order valence-corrected chi connectivity index (χ4v) is 2.63. The van der Waals surface area contributed by atoms with Crippen molar-refractivity contribution in [2.24, 2.45) is 0 Å². The smallest absolute Gasteiger partial charge is 0.321 e. The highest BCUT2D eigenvalue weighted by atomic mass is 32.1. The number of rotatable bonds is 3. The molecule has 0 aliphatic carbocycles. The Kier molecular flexibility index (Phi) is 3.34. The number of aromatic nitrogens is 3. The van der Waals surface area contributed by atoms with Crippen LogP contribution in [0.2, 0.25) is 0 Å². The van der Waals surface area contributed by atoms with Gasteiger partial charge in [0.05, 0.1) is 5.69 Å². The van der Waals surface area contributed by atoms with Gasteiger partial charge in [-0.3, -0.25) is 5.32 Å². The zero-order chi connectivity index (χ0) is 13.9. The summed E-state index contributed by atoms with van der Waals surface area (Å²) >= 11 is 1.39. The van der Waals surface area contributed by atoms with Crippen LogP contribution >= 0.6 is 11.3 Å². The Morgan fingerprint density at radius 3 is 3.25 bits per heavy atom. The highest BCUT2D eigenvalue weighted by molar-refractivity contribution is 7.14. The fraction of sp³-hybridized carbons (Fsp3) is 0.154. The summed E-state index contributed by atoms with van der Waals surface area (Å²) in [5.41, 5.74) is 2.63. The van der Waals surface area contributed by atoms with Crippen molar-refractivity contribution in [2.75, 3.05) is 11.9 Å². The zero-order valence-electron chi connectivity index (χ0n) is 10.8. The molecule has 3 aromatic rings. The SMILES string of the molecule is CCNC(=O)Nc1nc(-c2c[nH]c3ncccc23)cs1. The van der Waals surface area contributed by atoms with Crippen molar-refractivity contribution in [3.8, 4) is 11.3 Å². The van der Waals surface area contributed by atoms with Gasteiger partial charge in [0.2, 0.25) is 0 Å². The first kappa shape index (κ1) is 12.6. The van der Waals surface area contributed by atoms with Crippen molar-refractivity contribution in [1.29, 1.82) is 0 Å². The molecule has 0 aromatic carbocycles. The average molecular weight is 287 g/mol. The Morgan fingerprint density at radius 2 is 2.40 bits per heavy atom. The maximum absolute atomic E-state index is 11.4. The van der Waals surface area contributed by atoms with Crippen LogP contribution in [0.15, 0.2) is 29.9 Å². The first-order valence-corrected chi connectivity index (χ1v) is 7.08. The summed E-state index contributed by atoms with van der Waals surface area (Å²) in [6.45, 7) is 2.45. The van der Waals surface area contributed by atoms with Crippen molar-refractivity contribution in [3.05, 3.63) is 29.9 Å². The van der Waals surface area contributed by atoms with Crippen LogP contribution in [-0.4, -0.2) is 27.5 Å². The van der Waals surface area contributed by atoms with E-state index >= 15 is 0 Å². The molecule has 7 heteroatoms. The fourth-order valence-electron chi connectivity index (χ4n) is 1.92. The molecule has 0 saturated carbocycles. The van der Waals surface area contributed by atoms with Gasteiger partial charge >= 0.3 is 6.03 Å². The number of fused-ring (bicyclic) bond motifs is 1. The van der Waals surface area contributed by atoms with E-state index in [9.17, 15) is 4.79 Å². The van der Waals surface area contributed by atoms with Gasteiger partial charge in [0.15, 0.2) is 5.13 Å². The minimum absolute atomic E-state index is 0.242. The third kappa shape index (κ3) is 2.35.